The Bertz CT molecular complexity index is 1360. The number of rotatable bonds is 6. The second kappa shape index (κ2) is 9.83. The molecule has 0 saturated carbocycles. The van der Waals surface area contributed by atoms with Gasteiger partial charge in [0.1, 0.15) is 11.5 Å². The van der Waals surface area contributed by atoms with Gasteiger partial charge in [-0.2, -0.15) is 0 Å². The van der Waals surface area contributed by atoms with Crippen molar-refractivity contribution < 1.29 is 9.59 Å². The van der Waals surface area contributed by atoms with E-state index in [1.807, 2.05) is 34.1 Å². The number of H-pyrrole nitrogens is 1. The second-order valence-electron chi connectivity index (χ2n) is 9.47. The summed E-state index contributed by atoms with van der Waals surface area (Å²) in [5, 5.41) is 1.80. The molecule has 2 aliphatic rings. The molecule has 0 unspecified atom stereocenters. The van der Waals surface area contributed by atoms with E-state index in [2.05, 4.69) is 39.1 Å². The molecule has 2 aromatic carbocycles. The van der Waals surface area contributed by atoms with Crippen molar-refractivity contribution in [3.8, 4) is 0 Å². The Labute approximate surface area is 213 Å². The highest BCUT2D eigenvalue weighted by molar-refractivity contribution is 7.07. The number of amides is 2. The molecular formula is C27H28N6O2S. The van der Waals surface area contributed by atoms with Crippen molar-refractivity contribution in [3.63, 3.8) is 0 Å². The van der Waals surface area contributed by atoms with Crippen LogP contribution in [0.4, 0.5) is 0 Å². The van der Waals surface area contributed by atoms with E-state index in [0.29, 0.717) is 30.4 Å². The SMILES string of the molecule is O=C(c1ccc2nc(CCc3ccccc3)[nH]c2c1)N1CCN(C2CN(C(=O)c3cscn3)C2)CC1. The summed E-state index contributed by atoms with van der Waals surface area (Å²) in [6.07, 6.45) is 1.76. The monoisotopic (exact) mass is 500 g/mol. The van der Waals surface area contributed by atoms with Gasteiger partial charge in [0.25, 0.3) is 11.8 Å². The number of imidazole rings is 1. The first-order valence-electron chi connectivity index (χ1n) is 12.4. The Morgan fingerprint density at radius 3 is 2.50 bits per heavy atom. The number of benzene rings is 2. The van der Waals surface area contributed by atoms with Crippen molar-refractivity contribution in [2.24, 2.45) is 0 Å². The van der Waals surface area contributed by atoms with Gasteiger partial charge in [-0.25, -0.2) is 9.97 Å². The summed E-state index contributed by atoms with van der Waals surface area (Å²) < 4.78 is 0. The predicted molar refractivity (Wildman–Crippen MR) is 139 cm³/mol. The molecule has 36 heavy (non-hydrogen) atoms. The number of hydrogen-bond acceptors (Lipinski definition) is 6. The molecule has 0 spiro atoms. The van der Waals surface area contributed by atoms with Crippen LogP contribution < -0.4 is 0 Å². The Kier molecular flexibility index (Phi) is 6.25. The van der Waals surface area contributed by atoms with Crippen LogP contribution in [0.15, 0.2) is 59.4 Å². The van der Waals surface area contributed by atoms with Crippen LogP contribution in [0.2, 0.25) is 0 Å². The highest BCUT2D eigenvalue weighted by Gasteiger charge is 2.37. The maximum Gasteiger partial charge on any atom is 0.273 e. The Balaban J connectivity index is 1.02. The van der Waals surface area contributed by atoms with Gasteiger partial charge in [-0.05, 0) is 30.2 Å². The van der Waals surface area contributed by atoms with Crippen molar-refractivity contribution in [2.45, 2.75) is 18.9 Å². The highest BCUT2D eigenvalue weighted by atomic mass is 32.1. The number of fused-ring (bicyclic) bond motifs is 1. The molecule has 8 nitrogen and oxygen atoms in total. The van der Waals surface area contributed by atoms with Crippen LogP contribution in [0.3, 0.4) is 0 Å². The van der Waals surface area contributed by atoms with Crippen molar-refractivity contribution in [1.29, 1.82) is 0 Å². The largest absolute Gasteiger partial charge is 0.342 e. The Morgan fingerprint density at radius 2 is 1.75 bits per heavy atom. The van der Waals surface area contributed by atoms with Crippen LogP contribution in [-0.2, 0) is 12.8 Å². The number of hydrogen-bond donors (Lipinski definition) is 1. The number of thiazole rings is 1. The maximum atomic E-state index is 13.2. The van der Waals surface area contributed by atoms with Crippen molar-refractivity contribution in [2.75, 3.05) is 39.3 Å². The highest BCUT2D eigenvalue weighted by Crippen LogP contribution is 2.21. The average Bonchev–Trinajstić information content (AvgIpc) is 3.57. The number of carbonyl (C=O) groups is 2. The molecular weight excluding hydrogens is 472 g/mol. The molecule has 0 aliphatic carbocycles. The fourth-order valence-corrected chi connectivity index (χ4v) is 5.55. The van der Waals surface area contributed by atoms with E-state index in [0.717, 1.165) is 55.9 Å². The molecule has 0 radical (unpaired) electrons. The van der Waals surface area contributed by atoms with Gasteiger partial charge in [-0.3, -0.25) is 14.5 Å². The zero-order valence-corrected chi connectivity index (χ0v) is 20.8. The quantitative estimate of drug-likeness (QED) is 0.440. The van der Waals surface area contributed by atoms with Crippen LogP contribution in [0.5, 0.6) is 0 Å². The molecule has 4 aromatic rings. The Morgan fingerprint density at radius 1 is 0.944 bits per heavy atom. The lowest BCUT2D eigenvalue weighted by molar-refractivity contribution is 0.00827. The molecule has 6 rings (SSSR count). The van der Waals surface area contributed by atoms with E-state index < -0.39 is 0 Å². The molecule has 0 bridgehead atoms. The molecule has 184 valence electrons. The minimum absolute atomic E-state index is 0.0127. The summed E-state index contributed by atoms with van der Waals surface area (Å²) in [4.78, 5) is 44.0. The summed E-state index contributed by atoms with van der Waals surface area (Å²) >= 11 is 1.44. The second-order valence-corrected chi connectivity index (χ2v) is 10.2. The molecule has 2 fully saturated rings. The normalized spacial score (nSPS) is 16.9. The fourth-order valence-electron chi connectivity index (χ4n) is 5.03. The van der Waals surface area contributed by atoms with Crippen LogP contribution in [0, 0.1) is 0 Å². The van der Waals surface area contributed by atoms with Crippen molar-refractivity contribution in [3.05, 3.63) is 82.1 Å². The molecule has 2 aliphatic heterocycles. The maximum absolute atomic E-state index is 13.2. The lowest BCUT2D eigenvalue weighted by Gasteiger charge is -2.47. The molecule has 2 aromatic heterocycles. The lowest BCUT2D eigenvalue weighted by Crippen LogP contribution is -2.64. The van der Waals surface area contributed by atoms with Gasteiger partial charge >= 0.3 is 0 Å². The third kappa shape index (κ3) is 4.64. The molecule has 2 amide bonds. The summed E-state index contributed by atoms with van der Waals surface area (Å²) in [6.45, 7) is 4.49. The zero-order valence-electron chi connectivity index (χ0n) is 20.0. The van der Waals surface area contributed by atoms with Crippen LogP contribution >= 0.6 is 11.3 Å². The van der Waals surface area contributed by atoms with Gasteiger partial charge in [-0.15, -0.1) is 11.3 Å². The summed E-state index contributed by atoms with van der Waals surface area (Å²) in [7, 11) is 0. The minimum Gasteiger partial charge on any atom is -0.342 e. The van der Waals surface area contributed by atoms with E-state index in [9.17, 15) is 9.59 Å². The van der Waals surface area contributed by atoms with Crippen LogP contribution in [0.1, 0.15) is 32.2 Å². The van der Waals surface area contributed by atoms with Gasteiger partial charge in [0, 0.05) is 62.7 Å². The minimum atomic E-state index is 0.0127. The standard InChI is InChI=1S/C27H28N6O2S/c34-26(20-7-8-22-23(14-20)30-25(29-22)9-6-19-4-2-1-3-5-19)32-12-10-31(11-13-32)21-15-33(16-21)27(35)24-17-36-18-28-24/h1-5,7-8,14,17-18,21H,6,9-13,15-16H2,(H,29,30). The smallest absolute Gasteiger partial charge is 0.273 e. The first kappa shape index (κ1) is 22.9. The third-order valence-corrected chi connectivity index (χ3v) is 7.78. The number of likely N-dealkylation sites (tertiary alicyclic amines) is 1. The fraction of sp³-hybridized carbons (Fsp3) is 0.333. The van der Waals surface area contributed by atoms with Crippen LogP contribution in [-0.4, -0.2) is 86.8 Å². The number of piperazine rings is 1. The van der Waals surface area contributed by atoms with E-state index in [4.69, 9.17) is 4.98 Å². The Hall–Kier alpha value is -3.56. The van der Waals surface area contributed by atoms with Gasteiger partial charge in [-0.1, -0.05) is 30.3 Å². The van der Waals surface area contributed by atoms with E-state index in [1.165, 1.54) is 16.9 Å². The molecule has 1 N–H and O–H groups in total. The number of aryl methyl sites for hydroxylation is 2. The van der Waals surface area contributed by atoms with E-state index in [1.54, 1.807) is 10.9 Å². The molecule has 9 heteroatoms. The first-order valence-corrected chi connectivity index (χ1v) is 13.3. The third-order valence-electron chi connectivity index (χ3n) is 7.19. The summed E-state index contributed by atoms with van der Waals surface area (Å²) in [5.41, 5.74) is 6.00. The average molecular weight is 501 g/mol. The van der Waals surface area contributed by atoms with Gasteiger partial charge < -0.3 is 14.8 Å². The number of aromatic amines is 1. The molecule has 2 saturated heterocycles. The number of nitrogens with zero attached hydrogens (tertiary/aromatic N) is 5. The number of nitrogens with one attached hydrogen (secondary N) is 1. The van der Waals surface area contributed by atoms with Crippen molar-refractivity contribution in [1.82, 2.24) is 29.7 Å². The van der Waals surface area contributed by atoms with Crippen LogP contribution in [0.25, 0.3) is 11.0 Å². The predicted octanol–water partition coefficient (Wildman–Crippen LogP) is 3.09. The van der Waals surface area contributed by atoms with Crippen molar-refractivity contribution >= 4 is 34.2 Å². The first-order chi connectivity index (χ1) is 17.6. The molecule has 0 atom stereocenters. The van der Waals surface area contributed by atoms with Gasteiger partial charge in [0.15, 0.2) is 0 Å². The topological polar surface area (TPSA) is 85.4 Å². The summed E-state index contributed by atoms with van der Waals surface area (Å²) in [5.74, 6) is 1.01. The van der Waals surface area contributed by atoms with E-state index >= 15 is 0 Å². The summed E-state index contributed by atoms with van der Waals surface area (Å²) in [6, 6.07) is 16.5. The van der Waals surface area contributed by atoms with Gasteiger partial charge in [0.05, 0.1) is 16.5 Å². The molecule has 4 heterocycles. The lowest BCUT2D eigenvalue weighted by atomic mass is 10.0. The number of aromatic nitrogens is 3. The zero-order chi connectivity index (χ0) is 24.5. The van der Waals surface area contributed by atoms with E-state index in [-0.39, 0.29) is 11.8 Å². The number of carbonyl (C=O) groups excluding carboxylic acids is 2. The van der Waals surface area contributed by atoms with Gasteiger partial charge in [0.2, 0.25) is 0 Å².